The van der Waals surface area contributed by atoms with Crippen molar-refractivity contribution in [3.8, 4) is 0 Å². The SMILES string of the molecule is CCN(CC)c1ccc(C(=O)Cn2cc[n+](C)c2S(=O)(=O)O)cc1.[Br-]. The van der Waals surface area contributed by atoms with Crippen molar-refractivity contribution < 1.29 is 39.3 Å². The molecule has 0 atom stereocenters. The van der Waals surface area contributed by atoms with Crippen LogP contribution in [0.3, 0.4) is 0 Å². The summed E-state index contributed by atoms with van der Waals surface area (Å²) in [5.74, 6) is -0.234. The van der Waals surface area contributed by atoms with Crippen LogP contribution in [-0.4, -0.2) is 36.4 Å². The van der Waals surface area contributed by atoms with E-state index in [9.17, 15) is 17.8 Å². The third kappa shape index (κ3) is 4.90. The molecule has 0 aliphatic rings. The van der Waals surface area contributed by atoms with Gasteiger partial charge in [-0.15, -0.1) is 0 Å². The number of Topliss-reactive ketones (excluding diaryl/α,β-unsaturated/α-hetero) is 1. The van der Waals surface area contributed by atoms with E-state index in [4.69, 9.17) is 0 Å². The predicted octanol–water partition coefficient (Wildman–Crippen LogP) is -1.71. The molecule has 0 amide bonds. The van der Waals surface area contributed by atoms with Gasteiger partial charge in [0.1, 0.15) is 12.4 Å². The smallest absolute Gasteiger partial charge is 0.403 e. The molecule has 2 aromatic rings. The van der Waals surface area contributed by atoms with Crippen LogP contribution in [0.1, 0.15) is 24.2 Å². The van der Waals surface area contributed by atoms with Crippen LogP contribution in [0.15, 0.2) is 41.8 Å². The van der Waals surface area contributed by atoms with Crippen molar-refractivity contribution in [3.05, 3.63) is 42.2 Å². The highest BCUT2D eigenvalue weighted by molar-refractivity contribution is 7.85. The van der Waals surface area contributed by atoms with Gasteiger partial charge in [0, 0.05) is 24.3 Å². The van der Waals surface area contributed by atoms with E-state index in [1.165, 1.54) is 28.6 Å². The Morgan fingerprint density at radius 1 is 1.20 bits per heavy atom. The van der Waals surface area contributed by atoms with Gasteiger partial charge in [0.05, 0.1) is 7.05 Å². The molecule has 1 N–H and O–H groups in total. The number of ketones is 1. The topological polar surface area (TPSA) is 83.5 Å². The van der Waals surface area contributed by atoms with Crippen molar-refractivity contribution in [2.24, 2.45) is 7.05 Å². The van der Waals surface area contributed by atoms with Gasteiger partial charge in [-0.05, 0) is 38.1 Å². The van der Waals surface area contributed by atoms with E-state index >= 15 is 0 Å². The van der Waals surface area contributed by atoms with E-state index in [0.29, 0.717) is 5.56 Å². The van der Waals surface area contributed by atoms with Gasteiger partial charge in [-0.1, -0.05) is 0 Å². The summed E-state index contributed by atoms with van der Waals surface area (Å²) < 4.78 is 34.6. The highest BCUT2D eigenvalue weighted by Crippen LogP contribution is 2.16. The number of anilines is 1. The zero-order chi connectivity index (χ0) is 17.9. The molecule has 1 heterocycles. The Morgan fingerprint density at radius 2 is 1.76 bits per heavy atom. The highest BCUT2D eigenvalue weighted by Gasteiger charge is 2.29. The fourth-order valence-corrected chi connectivity index (χ4v) is 3.50. The summed E-state index contributed by atoms with van der Waals surface area (Å²) in [6.45, 7) is 5.71. The van der Waals surface area contributed by atoms with Gasteiger partial charge < -0.3 is 21.9 Å². The summed E-state index contributed by atoms with van der Waals surface area (Å²) in [6, 6.07) is 7.21. The molecule has 9 heteroatoms. The first-order valence-corrected chi connectivity index (χ1v) is 9.12. The first-order valence-electron chi connectivity index (χ1n) is 7.68. The number of aromatic nitrogens is 2. The average molecular weight is 432 g/mol. The minimum Gasteiger partial charge on any atom is -1.00 e. The Hall–Kier alpha value is -1.71. The normalized spacial score (nSPS) is 11.0. The van der Waals surface area contributed by atoms with Gasteiger partial charge in [0.2, 0.25) is 5.78 Å². The second-order valence-electron chi connectivity index (χ2n) is 5.44. The second-order valence-corrected chi connectivity index (χ2v) is 6.75. The first-order chi connectivity index (χ1) is 11.3. The largest absolute Gasteiger partial charge is 1.00 e. The van der Waals surface area contributed by atoms with Gasteiger partial charge in [-0.3, -0.25) is 9.35 Å². The first kappa shape index (κ1) is 21.3. The van der Waals surface area contributed by atoms with E-state index in [-0.39, 0.29) is 34.5 Å². The minimum atomic E-state index is -4.41. The lowest BCUT2D eigenvalue weighted by atomic mass is 10.1. The number of aryl methyl sites for hydroxylation is 1. The number of benzene rings is 1. The number of hydrogen-bond donors (Lipinski definition) is 1. The van der Waals surface area contributed by atoms with Crippen molar-refractivity contribution in [1.82, 2.24) is 4.57 Å². The quantitative estimate of drug-likeness (QED) is 0.320. The van der Waals surface area contributed by atoms with E-state index in [1.807, 2.05) is 12.1 Å². The number of rotatable bonds is 7. The Balaban J connectivity index is 0.00000312. The van der Waals surface area contributed by atoms with Crippen LogP contribution in [0.5, 0.6) is 0 Å². The molecule has 0 aliphatic carbocycles. The van der Waals surface area contributed by atoms with Crippen LogP contribution in [-0.2, 0) is 23.7 Å². The fraction of sp³-hybridized carbons (Fsp3) is 0.375. The molecule has 1 aromatic heterocycles. The summed E-state index contributed by atoms with van der Waals surface area (Å²) in [5.41, 5.74) is 1.52. The Labute approximate surface area is 158 Å². The molecule has 0 saturated carbocycles. The Kier molecular flexibility index (Phi) is 7.33. The predicted molar refractivity (Wildman–Crippen MR) is 89.8 cm³/mol. The third-order valence-electron chi connectivity index (χ3n) is 3.88. The Bertz CT molecular complexity index is 828. The molecular weight excluding hydrogens is 410 g/mol. The Morgan fingerprint density at radius 3 is 2.24 bits per heavy atom. The molecular formula is C16H22BrN3O4S. The summed E-state index contributed by atoms with van der Waals surface area (Å²) in [4.78, 5) is 14.6. The van der Waals surface area contributed by atoms with E-state index in [2.05, 4.69) is 18.7 Å². The van der Waals surface area contributed by atoms with Gasteiger partial charge in [0.15, 0.2) is 6.54 Å². The summed E-state index contributed by atoms with van der Waals surface area (Å²) >= 11 is 0. The summed E-state index contributed by atoms with van der Waals surface area (Å²) in [7, 11) is -2.92. The lowest BCUT2D eigenvalue weighted by Gasteiger charge is -2.20. The van der Waals surface area contributed by atoms with Gasteiger partial charge >= 0.3 is 15.3 Å². The van der Waals surface area contributed by atoms with Gasteiger partial charge in [-0.2, -0.15) is 8.42 Å². The molecule has 2 rings (SSSR count). The molecule has 0 bridgehead atoms. The minimum absolute atomic E-state index is 0. The maximum atomic E-state index is 12.4. The molecule has 25 heavy (non-hydrogen) atoms. The van der Waals surface area contributed by atoms with Crippen LogP contribution in [0.25, 0.3) is 0 Å². The lowest BCUT2D eigenvalue weighted by Crippen LogP contribution is -3.00. The van der Waals surface area contributed by atoms with E-state index in [1.54, 1.807) is 12.1 Å². The summed E-state index contributed by atoms with van der Waals surface area (Å²) in [6.07, 6.45) is 2.92. The number of hydrogen-bond acceptors (Lipinski definition) is 4. The molecule has 7 nitrogen and oxygen atoms in total. The molecule has 1 aromatic carbocycles. The maximum absolute atomic E-state index is 12.4. The maximum Gasteiger partial charge on any atom is 0.403 e. The van der Waals surface area contributed by atoms with Crippen molar-refractivity contribution in [2.75, 3.05) is 18.0 Å². The van der Waals surface area contributed by atoms with Crippen molar-refractivity contribution >= 4 is 21.6 Å². The number of carbonyl (C=O) groups is 1. The number of halogens is 1. The summed E-state index contributed by atoms with van der Waals surface area (Å²) in [5, 5.41) is -0.324. The van der Waals surface area contributed by atoms with Crippen LogP contribution in [0.2, 0.25) is 0 Å². The standard InChI is InChI=1S/C16H21N3O4S.BrH/c1-4-18(5-2)14-8-6-13(7-9-14)15(20)12-19-11-10-17(3)16(19)24(21,22)23;/h6-11H,4-5,12H2,1-3H3;1H. The second kappa shape index (κ2) is 8.59. The molecule has 0 aliphatic heterocycles. The van der Waals surface area contributed by atoms with Gasteiger partial charge in [-0.25, -0.2) is 9.13 Å². The molecule has 0 spiro atoms. The van der Waals surface area contributed by atoms with Crippen molar-refractivity contribution in [2.45, 2.75) is 25.5 Å². The molecule has 138 valence electrons. The van der Waals surface area contributed by atoms with E-state index < -0.39 is 10.1 Å². The fourth-order valence-electron chi connectivity index (χ4n) is 2.65. The zero-order valence-electron chi connectivity index (χ0n) is 14.4. The monoisotopic (exact) mass is 431 g/mol. The lowest BCUT2D eigenvalue weighted by molar-refractivity contribution is -0.710. The molecule has 0 fully saturated rings. The molecule has 0 unspecified atom stereocenters. The van der Waals surface area contributed by atoms with Crippen molar-refractivity contribution in [3.63, 3.8) is 0 Å². The van der Waals surface area contributed by atoms with Gasteiger partial charge in [0.25, 0.3) is 0 Å². The van der Waals surface area contributed by atoms with Crippen LogP contribution in [0.4, 0.5) is 5.69 Å². The van der Waals surface area contributed by atoms with Crippen LogP contribution in [0, 0.1) is 0 Å². The highest BCUT2D eigenvalue weighted by atomic mass is 79.9. The number of imidazole rings is 1. The van der Waals surface area contributed by atoms with E-state index in [0.717, 1.165) is 18.8 Å². The van der Waals surface area contributed by atoms with Crippen molar-refractivity contribution in [1.29, 1.82) is 0 Å². The van der Waals surface area contributed by atoms with Crippen LogP contribution < -0.4 is 26.4 Å². The van der Waals surface area contributed by atoms with Crippen LogP contribution >= 0.6 is 0 Å². The molecule has 0 saturated heterocycles. The number of nitrogens with zero attached hydrogens (tertiary/aromatic N) is 3. The zero-order valence-corrected chi connectivity index (χ0v) is 16.8. The average Bonchev–Trinajstić information content (AvgIpc) is 2.89. The number of carbonyl (C=O) groups excluding carboxylic acids is 1. The third-order valence-corrected chi connectivity index (χ3v) is 4.86. The molecule has 0 radical (unpaired) electrons.